The number of aryl methyl sites for hydroxylation is 1. The lowest BCUT2D eigenvalue weighted by molar-refractivity contribution is 0.0935. The van der Waals surface area contributed by atoms with E-state index in [2.05, 4.69) is 5.32 Å². The Hall–Kier alpha value is -4.51. The van der Waals surface area contributed by atoms with Crippen molar-refractivity contribution >= 4 is 5.91 Å². The first-order valence-corrected chi connectivity index (χ1v) is 11.4. The van der Waals surface area contributed by atoms with E-state index in [1.807, 2.05) is 91.9 Å². The maximum atomic E-state index is 13.7. The highest BCUT2D eigenvalue weighted by Crippen LogP contribution is 2.25. The lowest BCUT2D eigenvalue weighted by Gasteiger charge is -2.20. The van der Waals surface area contributed by atoms with Gasteiger partial charge in [0.2, 0.25) is 0 Å². The van der Waals surface area contributed by atoms with E-state index in [1.165, 1.54) is 12.1 Å². The summed E-state index contributed by atoms with van der Waals surface area (Å²) in [6.45, 7) is 2.01. The van der Waals surface area contributed by atoms with Crippen LogP contribution in [0.15, 0.2) is 115 Å². The molecule has 1 amide bonds. The molecule has 35 heavy (non-hydrogen) atoms. The summed E-state index contributed by atoms with van der Waals surface area (Å²) in [4.78, 5) is 13.7. The number of nitrogens with zero attached hydrogens (tertiary/aromatic N) is 2. The maximum absolute atomic E-state index is 13.7. The van der Waals surface area contributed by atoms with E-state index in [4.69, 9.17) is 5.10 Å². The first-order chi connectivity index (χ1) is 17.1. The minimum absolute atomic E-state index is 0.260. The third kappa shape index (κ3) is 4.89. The largest absolute Gasteiger partial charge is 0.340 e. The predicted molar refractivity (Wildman–Crippen MR) is 136 cm³/mol. The fourth-order valence-corrected chi connectivity index (χ4v) is 4.04. The van der Waals surface area contributed by atoms with Crippen molar-refractivity contribution < 1.29 is 9.18 Å². The molecule has 1 aromatic heterocycles. The molecule has 0 atom stereocenters. The molecule has 0 saturated carbocycles. The quantitative estimate of drug-likeness (QED) is 0.313. The highest BCUT2D eigenvalue weighted by atomic mass is 19.1. The van der Waals surface area contributed by atoms with Crippen LogP contribution in [-0.2, 0) is 0 Å². The summed E-state index contributed by atoms with van der Waals surface area (Å²) in [5, 5.41) is 7.92. The molecule has 0 aliphatic carbocycles. The second kappa shape index (κ2) is 9.77. The van der Waals surface area contributed by atoms with E-state index in [0.29, 0.717) is 11.4 Å². The Morgan fingerprint density at radius 3 is 1.94 bits per heavy atom. The van der Waals surface area contributed by atoms with Gasteiger partial charge in [-0.3, -0.25) is 4.79 Å². The Morgan fingerprint density at radius 2 is 1.37 bits per heavy atom. The van der Waals surface area contributed by atoms with Gasteiger partial charge in [0.05, 0.1) is 17.4 Å². The van der Waals surface area contributed by atoms with Gasteiger partial charge in [-0.05, 0) is 60.5 Å². The molecule has 0 saturated heterocycles. The van der Waals surface area contributed by atoms with Crippen LogP contribution in [0, 0.1) is 12.7 Å². The fraction of sp³-hybridized carbons (Fsp3) is 0.0667. The zero-order valence-electron chi connectivity index (χ0n) is 19.2. The van der Waals surface area contributed by atoms with Crippen molar-refractivity contribution in [3.8, 4) is 16.9 Å². The van der Waals surface area contributed by atoms with Gasteiger partial charge >= 0.3 is 0 Å². The van der Waals surface area contributed by atoms with Gasteiger partial charge in [-0.15, -0.1) is 0 Å². The molecule has 1 N–H and O–H groups in total. The van der Waals surface area contributed by atoms with E-state index in [1.54, 1.807) is 22.9 Å². The van der Waals surface area contributed by atoms with Gasteiger partial charge < -0.3 is 5.32 Å². The molecule has 0 spiro atoms. The number of nitrogens with one attached hydrogen (secondary N) is 1. The first-order valence-electron chi connectivity index (χ1n) is 11.4. The maximum Gasteiger partial charge on any atom is 0.270 e. The van der Waals surface area contributed by atoms with Crippen molar-refractivity contribution in [3.63, 3.8) is 0 Å². The van der Waals surface area contributed by atoms with Gasteiger partial charge in [-0.1, -0.05) is 78.4 Å². The highest BCUT2D eigenvalue weighted by molar-refractivity contribution is 5.95. The molecular weight excluding hydrogens is 437 g/mol. The zero-order valence-corrected chi connectivity index (χ0v) is 19.2. The molecule has 4 aromatic carbocycles. The lowest BCUT2D eigenvalue weighted by atomic mass is 9.98. The van der Waals surface area contributed by atoms with Crippen LogP contribution in [0.2, 0.25) is 0 Å². The van der Waals surface area contributed by atoms with Crippen LogP contribution in [0.1, 0.15) is 33.2 Å². The average molecular weight is 462 g/mol. The van der Waals surface area contributed by atoms with Crippen LogP contribution in [-0.4, -0.2) is 15.7 Å². The summed E-state index contributed by atoms with van der Waals surface area (Å²) in [6.07, 6.45) is 0. The summed E-state index contributed by atoms with van der Waals surface area (Å²) in [5.41, 5.74) is 5.55. The monoisotopic (exact) mass is 461 g/mol. The summed E-state index contributed by atoms with van der Waals surface area (Å²) < 4.78 is 15.1. The summed E-state index contributed by atoms with van der Waals surface area (Å²) >= 11 is 0. The van der Waals surface area contributed by atoms with E-state index in [9.17, 15) is 9.18 Å². The molecule has 0 unspecified atom stereocenters. The van der Waals surface area contributed by atoms with E-state index in [-0.39, 0.29) is 17.8 Å². The average Bonchev–Trinajstić information content (AvgIpc) is 3.35. The van der Waals surface area contributed by atoms with Gasteiger partial charge in [0.15, 0.2) is 0 Å². The second-order valence-corrected chi connectivity index (χ2v) is 8.40. The van der Waals surface area contributed by atoms with Crippen molar-refractivity contribution in [2.75, 3.05) is 0 Å². The number of rotatable bonds is 6. The zero-order chi connectivity index (χ0) is 24.2. The van der Waals surface area contributed by atoms with E-state index < -0.39 is 0 Å². The second-order valence-electron chi connectivity index (χ2n) is 8.40. The Labute approximate surface area is 203 Å². The fourth-order valence-electron chi connectivity index (χ4n) is 4.04. The SMILES string of the molecule is Cc1ccc(-n2nc(-c3ccc(F)cc3)cc2C(=O)NC(c2ccccc2)c2ccccc2)cc1. The molecule has 1 heterocycles. The van der Waals surface area contributed by atoms with E-state index in [0.717, 1.165) is 27.9 Å². The van der Waals surface area contributed by atoms with Crippen molar-refractivity contribution in [1.29, 1.82) is 0 Å². The van der Waals surface area contributed by atoms with Crippen LogP contribution >= 0.6 is 0 Å². The molecule has 0 fully saturated rings. The highest BCUT2D eigenvalue weighted by Gasteiger charge is 2.22. The number of carbonyl (C=O) groups excluding carboxylic acids is 1. The summed E-state index contributed by atoms with van der Waals surface area (Å²) in [7, 11) is 0. The number of amides is 1. The van der Waals surface area contributed by atoms with Crippen LogP contribution in [0.4, 0.5) is 4.39 Å². The third-order valence-corrected chi connectivity index (χ3v) is 5.90. The normalized spacial score (nSPS) is 10.9. The van der Waals surface area contributed by atoms with Crippen LogP contribution in [0.5, 0.6) is 0 Å². The van der Waals surface area contributed by atoms with Crippen LogP contribution in [0.25, 0.3) is 16.9 Å². The molecule has 0 aliphatic heterocycles. The number of halogens is 1. The standard InChI is InChI=1S/C30H24FN3O/c1-21-12-18-26(19-13-21)34-28(20-27(33-34)22-14-16-25(31)17-15-22)30(35)32-29(23-8-4-2-5-9-23)24-10-6-3-7-11-24/h2-20,29H,1H3,(H,32,35). The minimum Gasteiger partial charge on any atom is -0.340 e. The Kier molecular flexibility index (Phi) is 6.22. The smallest absolute Gasteiger partial charge is 0.270 e. The van der Waals surface area contributed by atoms with Crippen molar-refractivity contribution in [3.05, 3.63) is 143 Å². The van der Waals surface area contributed by atoms with Crippen LogP contribution < -0.4 is 5.32 Å². The predicted octanol–water partition coefficient (Wildman–Crippen LogP) is 6.51. The van der Waals surface area contributed by atoms with Crippen molar-refractivity contribution in [2.45, 2.75) is 13.0 Å². The molecule has 172 valence electrons. The molecule has 4 nitrogen and oxygen atoms in total. The van der Waals surface area contributed by atoms with Crippen molar-refractivity contribution in [1.82, 2.24) is 15.1 Å². The molecule has 0 radical (unpaired) electrons. The Morgan fingerprint density at radius 1 is 0.800 bits per heavy atom. The Bertz CT molecular complexity index is 1390. The van der Waals surface area contributed by atoms with Crippen molar-refractivity contribution in [2.24, 2.45) is 0 Å². The van der Waals surface area contributed by atoms with E-state index >= 15 is 0 Å². The van der Waals surface area contributed by atoms with Gasteiger partial charge in [0, 0.05) is 5.56 Å². The molecular formula is C30H24FN3O. The molecule has 5 aromatic rings. The summed E-state index contributed by atoms with van der Waals surface area (Å²) in [6, 6.07) is 35.1. The third-order valence-electron chi connectivity index (χ3n) is 5.90. The Balaban J connectivity index is 1.57. The van der Waals surface area contributed by atoms with Gasteiger partial charge in [0.1, 0.15) is 11.5 Å². The topological polar surface area (TPSA) is 46.9 Å². The number of carbonyl (C=O) groups is 1. The number of aromatic nitrogens is 2. The van der Waals surface area contributed by atoms with Gasteiger partial charge in [-0.2, -0.15) is 5.10 Å². The number of benzene rings is 4. The lowest BCUT2D eigenvalue weighted by Crippen LogP contribution is -2.31. The number of hydrogen-bond donors (Lipinski definition) is 1. The summed E-state index contributed by atoms with van der Waals surface area (Å²) in [5.74, 6) is -0.581. The molecule has 0 bridgehead atoms. The molecule has 5 rings (SSSR count). The van der Waals surface area contributed by atoms with Gasteiger partial charge in [-0.25, -0.2) is 9.07 Å². The first kappa shape index (κ1) is 22.3. The number of hydrogen-bond acceptors (Lipinski definition) is 2. The molecule has 5 heteroatoms. The molecule has 0 aliphatic rings. The van der Waals surface area contributed by atoms with Crippen LogP contribution in [0.3, 0.4) is 0 Å². The van der Waals surface area contributed by atoms with Gasteiger partial charge in [0.25, 0.3) is 5.91 Å². The minimum atomic E-state index is -0.333.